The van der Waals surface area contributed by atoms with E-state index in [2.05, 4.69) is 4.98 Å². The number of hydrogen-bond acceptors (Lipinski definition) is 3. The van der Waals surface area contributed by atoms with Crippen molar-refractivity contribution >= 4 is 11.9 Å². The van der Waals surface area contributed by atoms with Gasteiger partial charge in [0.25, 0.3) is 5.91 Å². The third kappa shape index (κ3) is 2.47. The van der Waals surface area contributed by atoms with E-state index in [0.29, 0.717) is 12.2 Å². The zero-order valence-corrected chi connectivity index (χ0v) is 9.42. The number of rotatable bonds is 2. The average molecular weight is 238 g/mol. The monoisotopic (exact) mass is 238 g/mol. The lowest BCUT2D eigenvalue weighted by atomic mass is 10.2. The third-order valence-corrected chi connectivity index (χ3v) is 2.65. The van der Waals surface area contributed by atoms with Crippen molar-refractivity contribution in [2.24, 2.45) is 0 Å². The number of carboxylic acids is 1. The topological polar surface area (TPSA) is 82.6 Å². The van der Waals surface area contributed by atoms with E-state index in [4.69, 9.17) is 9.84 Å². The fraction of sp³-hybridized carbons (Fsp3) is 0.455. The van der Waals surface area contributed by atoms with Crippen molar-refractivity contribution in [1.82, 2.24) is 9.88 Å². The normalized spacial score (nSPS) is 24.6. The van der Waals surface area contributed by atoms with Crippen LogP contribution in [-0.4, -0.2) is 52.2 Å². The highest BCUT2D eigenvalue weighted by molar-refractivity contribution is 5.92. The fourth-order valence-corrected chi connectivity index (χ4v) is 1.89. The molecule has 1 unspecified atom stereocenters. The molecule has 1 aromatic rings. The molecular weight excluding hydrogens is 224 g/mol. The zero-order chi connectivity index (χ0) is 12.4. The SMILES string of the molecule is C[C@@H]1CN(C(=O)c2ccc[nH]2)CC(C(=O)O)O1. The maximum atomic E-state index is 12.0. The van der Waals surface area contributed by atoms with E-state index in [-0.39, 0.29) is 18.6 Å². The van der Waals surface area contributed by atoms with Crippen LogP contribution in [0.5, 0.6) is 0 Å². The van der Waals surface area contributed by atoms with Gasteiger partial charge in [0.15, 0.2) is 6.10 Å². The lowest BCUT2D eigenvalue weighted by Gasteiger charge is -2.34. The Morgan fingerprint density at radius 1 is 1.53 bits per heavy atom. The lowest BCUT2D eigenvalue weighted by molar-refractivity contribution is -0.160. The molecule has 2 N–H and O–H groups in total. The van der Waals surface area contributed by atoms with Gasteiger partial charge in [-0.25, -0.2) is 4.79 Å². The maximum Gasteiger partial charge on any atom is 0.334 e. The Hall–Kier alpha value is -1.82. The summed E-state index contributed by atoms with van der Waals surface area (Å²) in [5.41, 5.74) is 0.461. The first-order chi connectivity index (χ1) is 8.08. The summed E-state index contributed by atoms with van der Waals surface area (Å²) in [4.78, 5) is 27.2. The van der Waals surface area contributed by atoms with Gasteiger partial charge in [-0.3, -0.25) is 4.79 Å². The van der Waals surface area contributed by atoms with Crippen LogP contribution >= 0.6 is 0 Å². The predicted molar refractivity (Wildman–Crippen MR) is 58.7 cm³/mol. The van der Waals surface area contributed by atoms with Crippen LogP contribution in [0.4, 0.5) is 0 Å². The van der Waals surface area contributed by atoms with Crippen molar-refractivity contribution in [3.05, 3.63) is 24.0 Å². The van der Waals surface area contributed by atoms with Crippen LogP contribution in [0.25, 0.3) is 0 Å². The molecule has 0 aliphatic carbocycles. The molecule has 0 radical (unpaired) electrons. The highest BCUT2D eigenvalue weighted by atomic mass is 16.5. The molecule has 17 heavy (non-hydrogen) atoms. The zero-order valence-electron chi connectivity index (χ0n) is 9.42. The van der Waals surface area contributed by atoms with E-state index in [9.17, 15) is 9.59 Å². The number of amides is 1. The van der Waals surface area contributed by atoms with E-state index in [1.807, 2.05) is 0 Å². The first-order valence-electron chi connectivity index (χ1n) is 5.39. The molecule has 1 aliphatic heterocycles. The van der Waals surface area contributed by atoms with E-state index >= 15 is 0 Å². The highest BCUT2D eigenvalue weighted by Gasteiger charge is 2.33. The van der Waals surface area contributed by atoms with Gasteiger partial charge in [-0.2, -0.15) is 0 Å². The molecular formula is C11H14N2O4. The number of morpholine rings is 1. The summed E-state index contributed by atoms with van der Waals surface area (Å²) in [7, 11) is 0. The van der Waals surface area contributed by atoms with Gasteiger partial charge in [-0.1, -0.05) is 0 Å². The van der Waals surface area contributed by atoms with Gasteiger partial charge >= 0.3 is 5.97 Å². The fourth-order valence-electron chi connectivity index (χ4n) is 1.89. The minimum absolute atomic E-state index is 0.0809. The molecule has 6 nitrogen and oxygen atoms in total. The number of carbonyl (C=O) groups excluding carboxylic acids is 1. The lowest BCUT2D eigenvalue weighted by Crippen LogP contribution is -2.51. The molecule has 2 atom stereocenters. The van der Waals surface area contributed by atoms with Crippen molar-refractivity contribution in [3.63, 3.8) is 0 Å². The van der Waals surface area contributed by atoms with Gasteiger partial charge in [0, 0.05) is 12.7 Å². The van der Waals surface area contributed by atoms with Crippen LogP contribution in [0.1, 0.15) is 17.4 Å². The van der Waals surface area contributed by atoms with Crippen molar-refractivity contribution in [1.29, 1.82) is 0 Å². The number of aromatic amines is 1. The third-order valence-electron chi connectivity index (χ3n) is 2.65. The number of H-pyrrole nitrogens is 1. The van der Waals surface area contributed by atoms with Gasteiger partial charge in [0.2, 0.25) is 0 Å². The second-order valence-electron chi connectivity index (χ2n) is 4.07. The van der Waals surface area contributed by atoms with E-state index < -0.39 is 12.1 Å². The number of aliphatic carboxylic acids is 1. The predicted octanol–water partition coefficient (Wildman–Crippen LogP) is 0.329. The molecule has 1 aliphatic rings. The summed E-state index contributed by atoms with van der Waals surface area (Å²) in [5.74, 6) is -1.24. The second-order valence-corrected chi connectivity index (χ2v) is 4.07. The molecule has 0 saturated carbocycles. The summed E-state index contributed by atoms with van der Waals surface area (Å²) in [6.07, 6.45) is 0.438. The Bertz CT molecular complexity index is 415. The van der Waals surface area contributed by atoms with Crippen molar-refractivity contribution < 1.29 is 19.4 Å². The van der Waals surface area contributed by atoms with Gasteiger partial charge in [0.1, 0.15) is 5.69 Å². The van der Waals surface area contributed by atoms with Crippen molar-refractivity contribution in [2.75, 3.05) is 13.1 Å². The van der Waals surface area contributed by atoms with Crippen LogP contribution in [-0.2, 0) is 9.53 Å². The number of aromatic nitrogens is 1. The van der Waals surface area contributed by atoms with Crippen LogP contribution < -0.4 is 0 Å². The first-order valence-corrected chi connectivity index (χ1v) is 5.39. The number of ether oxygens (including phenoxy) is 1. The number of carbonyl (C=O) groups is 2. The van der Waals surface area contributed by atoms with Gasteiger partial charge in [0.05, 0.1) is 12.6 Å². The van der Waals surface area contributed by atoms with Crippen LogP contribution in [0.15, 0.2) is 18.3 Å². The van der Waals surface area contributed by atoms with Crippen LogP contribution in [0, 0.1) is 0 Å². The van der Waals surface area contributed by atoms with Crippen LogP contribution in [0.2, 0.25) is 0 Å². The second kappa shape index (κ2) is 4.58. The molecule has 1 fully saturated rings. The highest BCUT2D eigenvalue weighted by Crippen LogP contribution is 2.14. The first kappa shape index (κ1) is 11.7. The van der Waals surface area contributed by atoms with E-state index in [1.165, 1.54) is 4.90 Å². The molecule has 0 aromatic carbocycles. The van der Waals surface area contributed by atoms with Gasteiger partial charge in [-0.15, -0.1) is 0 Å². The molecule has 1 saturated heterocycles. The Morgan fingerprint density at radius 2 is 2.29 bits per heavy atom. The summed E-state index contributed by atoms with van der Waals surface area (Å²) in [6, 6.07) is 3.39. The minimum Gasteiger partial charge on any atom is -0.479 e. The standard InChI is InChI=1S/C11H14N2O4/c1-7-5-13(6-9(17-7)11(15)16)10(14)8-3-2-4-12-8/h2-4,7,9,12H,5-6H2,1H3,(H,15,16)/t7-,9?/m1/s1. The Labute approximate surface area is 98.2 Å². The summed E-state index contributed by atoms with van der Waals surface area (Å²) < 4.78 is 5.24. The number of nitrogens with zero attached hydrogens (tertiary/aromatic N) is 1. The Balaban J connectivity index is 2.10. The molecule has 6 heteroatoms. The molecule has 0 bridgehead atoms. The smallest absolute Gasteiger partial charge is 0.334 e. The average Bonchev–Trinajstić information content (AvgIpc) is 2.80. The minimum atomic E-state index is -1.04. The number of nitrogens with one attached hydrogen (secondary N) is 1. The molecule has 1 aromatic heterocycles. The van der Waals surface area contributed by atoms with Crippen molar-refractivity contribution in [3.8, 4) is 0 Å². The maximum absolute atomic E-state index is 12.0. The molecule has 92 valence electrons. The quantitative estimate of drug-likeness (QED) is 0.777. The number of carboxylic acid groups (broad SMARTS) is 1. The van der Waals surface area contributed by atoms with E-state index in [0.717, 1.165) is 0 Å². The summed E-state index contributed by atoms with van der Waals surface area (Å²) >= 11 is 0. The van der Waals surface area contributed by atoms with Gasteiger partial charge in [-0.05, 0) is 19.1 Å². The number of hydrogen-bond donors (Lipinski definition) is 2. The Kier molecular flexibility index (Phi) is 3.14. The molecule has 2 heterocycles. The molecule has 2 rings (SSSR count). The van der Waals surface area contributed by atoms with Gasteiger partial charge < -0.3 is 19.7 Å². The van der Waals surface area contributed by atoms with Crippen molar-refractivity contribution in [2.45, 2.75) is 19.1 Å². The summed E-state index contributed by atoms with van der Waals surface area (Å²) in [6.45, 7) is 2.24. The largest absolute Gasteiger partial charge is 0.479 e. The molecule has 0 spiro atoms. The Morgan fingerprint density at radius 3 is 2.88 bits per heavy atom. The molecule has 1 amide bonds. The van der Waals surface area contributed by atoms with Crippen LogP contribution in [0.3, 0.4) is 0 Å². The summed E-state index contributed by atoms with van der Waals surface area (Å²) in [5, 5.41) is 8.92. The van der Waals surface area contributed by atoms with E-state index in [1.54, 1.807) is 25.3 Å².